The van der Waals surface area contributed by atoms with Gasteiger partial charge in [-0.05, 0) is 37.8 Å². The van der Waals surface area contributed by atoms with Crippen LogP contribution in [0, 0.1) is 12.8 Å². The van der Waals surface area contributed by atoms with Gasteiger partial charge in [-0.1, -0.05) is 12.1 Å². The van der Waals surface area contributed by atoms with Crippen molar-refractivity contribution in [1.82, 2.24) is 14.6 Å². The maximum atomic E-state index is 13.0. The number of carbonyl (C=O) groups excluding carboxylic acids is 1. The zero-order valence-corrected chi connectivity index (χ0v) is 18.1. The summed E-state index contributed by atoms with van der Waals surface area (Å²) < 4.78 is 63.4. The number of likely N-dealkylation sites (tertiary alicyclic amines) is 1. The van der Waals surface area contributed by atoms with Crippen molar-refractivity contribution in [3.05, 3.63) is 40.4 Å². The number of sulfonamides is 1. The van der Waals surface area contributed by atoms with Gasteiger partial charge in [0.1, 0.15) is 9.88 Å². The van der Waals surface area contributed by atoms with E-state index in [1.807, 2.05) is 0 Å². The van der Waals surface area contributed by atoms with Gasteiger partial charge in [0, 0.05) is 25.2 Å². The average Bonchev–Trinajstić information content (AvgIpc) is 3.06. The zero-order valence-electron chi connectivity index (χ0n) is 16.5. The third-order valence-electron chi connectivity index (χ3n) is 4.89. The molecule has 3 rings (SSSR count). The van der Waals surface area contributed by atoms with Crippen molar-refractivity contribution in [2.45, 2.75) is 25.9 Å². The van der Waals surface area contributed by atoms with Gasteiger partial charge in [-0.25, -0.2) is 18.1 Å². The number of alkyl halides is 3. The second-order valence-electron chi connectivity index (χ2n) is 7.39. The molecule has 2 aromatic rings. The molecule has 0 spiro atoms. The summed E-state index contributed by atoms with van der Waals surface area (Å²) in [4.78, 5) is 19.5. The van der Waals surface area contributed by atoms with E-state index in [1.54, 1.807) is 11.8 Å². The molecule has 1 fully saturated rings. The van der Waals surface area contributed by atoms with E-state index in [2.05, 4.69) is 9.71 Å². The Morgan fingerprint density at radius 1 is 1.30 bits per heavy atom. The van der Waals surface area contributed by atoms with Crippen molar-refractivity contribution in [2.75, 3.05) is 25.9 Å². The number of aromatic nitrogens is 1. The number of aryl methyl sites for hydroxylation is 1. The first-order valence-corrected chi connectivity index (χ1v) is 12.0. The van der Waals surface area contributed by atoms with Gasteiger partial charge in [0.05, 0.1) is 17.5 Å². The van der Waals surface area contributed by atoms with Gasteiger partial charge in [0.15, 0.2) is 0 Å². The number of carbonyl (C=O) groups is 1. The van der Waals surface area contributed by atoms with E-state index in [1.165, 1.54) is 12.1 Å². The molecule has 30 heavy (non-hydrogen) atoms. The maximum Gasteiger partial charge on any atom is 0.416 e. The van der Waals surface area contributed by atoms with Crippen molar-refractivity contribution < 1.29 is 26.4 Å². The summed E-state index contributed by atoms with van der Waals surface area (Å²) in [6.45, 7) is 2.99. The lowest BCUT2D eigenvalue weighted by atomic mass is 9.98. The van der Waals surface area contributed by atoms with Crippen molar-refractivity contribution in [3.63, 3.8) is 0 Å². The second kappa shape index (κ2) is 8.64. The van der Waals surface area contributed by atoms with Crippen LogP contribution in [0.5, 0.6) is 0 Å². The number of nitrogens with one attached hydrogen (secondary N) is 1. The van der Waals surface area contributed by atoms with Crippen LogP contribution >= 0.6 is 11.3 Å². The lowest BCUT2D eigenvalue weighted by Gasteiger charge is -2.32. The molecule has 1 aromatic carbocycles. The molecule has 2 heterocycles. The van der Waals surface area contributed by atoms with Crippen LogP contribution in [0.25, 0.3) is 10.6 Å². The van der Waals surface area contributed by atoms with Gasteiger partial charge in [-0.2, -0.15) is 13.2 Å². The predicted octanol–water partition coefficient (Wildman–Crippen LogP) is 3.54. The Labute approximate surface area is 177 Å². The molecule has 11 heteroatoms. The normalized spacial score (nSPS) is 17.9. The molecule has 1 aromatic heterocycles. The summed E-state index contributed by atoms with van der Waals surface area (Å²) in [5.41, 5.74) is 0.304. The van der Waals surface area contributed by atoms with Gasteiger partial charge >= 0.3 is 6.18 Å². The lowest BCUT2D eigenvalue weighted by molar-refractivity contribution is -0.137. The summed E-state index contributed by atoms with van der Waals surface area (Å²) in [5.74, 6) is -0.160. The number of benzene rings is 1. The summed E-state index contributed by atoms with van der Waals surface area (Å²) >= 11 is 1.15. The Bertz CT molecular complexity index is 1020. The molecule has 0 saturated carbocycles. The number of hydrogen-bond donors (Lipinski definition) is 1. The first-order chi connectivity index (χ1) is 13.9. The minimum atomic E-state index is -4.41. The topological polar surface area (TPSA) is 79.4 Å². The van der Waals surface area contributed by atoms with Crippen LogP contribution in [0.1, 0.15) is 33.8 Å². The highest BCUT2D eigenvalue weighted by Gasteiger charge is 2.31. The van der Waals surface area contributed by atoms with E-state index < -0.39 is 21.8 Å². The summed E-state index contributed by atoms with van der Waals surface area (Å²) in [6.07, 6.45) is -1.71. The molecule has 1 saturated heterocycles. The largest absolute Gasteiger partial charge is 0.416 e. The van der Waals surface area contributed by atoms with Crippen molar-refractivity contribution in [3.8, 4) is 10.6 Å². The minimum absolute atomic E-state index is 0.0278. The molecule has 1 atom stereocenters. The number of thiazole rings is 1. The van der Waals surface area contributed by atoms with Crippen molar-refractivity contribution in [2.24, 2.45) is 5.92 Å². The standard InChI is InChI=1S/C19H22F3N3O3S2/c1-12-16(18(26)25-9-3-4-13(11-25)10-23-30(2,27)28)29-17(24-12)14-5-7-15(8-6-14)19(20,21)22/h5-8,13,23H,3-4,9-11H2,1-2H3. The monoisotopic (exact) mass is 461 g/mol. The number of hydrogen-bond acceptors (Lipinski definition) is 5. The number of piperidine rings is 1. The SMILES string of the molecule is Cc1nc(-c2ccc(C(F)(F)F)cc2)sc1C(=O)N1CCCC(CNS(C)(=O)=O)C1. The average molecular weight is 462 g/mol. The van der Waals surface area contributed by atoms with E-state index in [0.29, 0.717) is 34.2 Å². The summed E-state index contributed by atoms with van der Waals surface area (Å²) in [5, 5.41) is 0.483. The quantitative estimate of drug-likeness (QED) is 0.739. The van der Waals surface area contributed by atoms with E-state index in [0.717, 1.165) is 42.6 Å². The van der Waals surface area contributed by atoms with Gasteiger partial charge in [0.25, 0.3) is 5.91 Å². The third-order valence-corrected chi connectivity index (χ3v) is 6.78. The summed E-state index contributed by atoms with van der Waals surface area (Å²) in [6, 6.07) is 4.70. The van der Waals surface area contributed by atoms with Gasteiger partial charge < -0.3 is 4.90 Å². The highest BCUT2D eigenvalue weighted by molar-refractivity contribution is 7.88. The van der Waals surface area contributed by atoms with E-state index >= 15 is 0 Å². The van der Waals surface area contributed by atoms with Crippen molar-refractivity contribution >= 4 is 27.3 Å². The smallest absolute Gasteiger partial charge is 0.338 e. The number of rotatable bonds is 5. The third kappa shape index (κ3) is 5.58. The molecular weight excluding hydrogens is 439 g/mol. The second-order valence-corrected chi connectivity index (χ2v) is 10.2. The van der Waals surface area contributed by atoms with E-state index in [4.69, 9.17) is 0 Å². The number of amides is 1. The molecule has 1 aliphatic rings. The highest BCUT2D eigenvalue weighted by Crippen LogP contribution is 2.33. The van der Waals surface area contributed by atoms with Crippen LogP contribution in [0.3, 0.4) is 0 Å². The molecule has 0 aliphatic carbocycles. The Kier molecular flexibility index (Phi) is 6.54. The van der Waals surface area contributed by atoms with Crippen LogP contribution in [-0.2, 0) is 16.2 Å². The molecule has 1 aliphatic heterocycles. The molecular formula is C19H22F3N3O3S2. The van der Waals surface area contributed by atoms with Crippen molar-refractivity contribution in [1.29, 1.82) is 0 Å². The molecule has 1 amide bonds. The molecule has 164 valence electrons. The number of halogens is 3. The van der Waals surface area contributed by atoms with Crippen LogP contribution in [0.4, 0.5) is 13.2 Å². The molecule has 0 bridgehead atoms. The highest BCUT2D eigenvalue weighted by atomic mass is 32.2. The van der Waals surface area contributed by atoms with Gasteiger partial charge in [-0.3, -0.25) is 4.79 Å². The Balaban J connectivity index is 1.73. The fourth-order valence-corrected chi connectivity index (χ4v) is 4.93. The van der Waals surface area contributed by atoms with Crippen LogP contribution in [-0.4, -0.2) is 50.1 Å². The predicted molar refractivity (Wildman–Crippen MR) is 109 cm³/mol. The van der Waals surface area contributed by atoms with E-state index in [9.17, 15) is 26.4 Å². The Morgan fingerprint density at radius 3 is 2.57 bits per heavy atom. The van der Waals surface area contributed by atoms with Gasteiger partial charge in [0.2, 0.25) is 10.0 Å². The Morgan fingerprint density at radius 2 is 1.97 bits per heavy atom. The molecule has 1 unspecified atom stereocenters. The first-order valence-electron chi connectivity index (χ1n) is 9.33. The molecule has 1 N–H and O–H groups in total. The molecule has 0 radical (unpaired) electrons. The van der Waals surface area contributed by atoms with Crippen LogP contribution in [0.2, 0.25) is 0 Å². The fraction of sp³-hybridized carbons (Fsp3) is 0.474. The summed E-state index contributed by atoms with van der Waals surface area (Å²) in [7, 11) is -3.29. The zero-order chi connectivity index (χ0) is 22.1. The maximum absolute atomic E-state index is 13.0. The Hall–Kier alpha value is -1.98. The first kappa shape index (κ1) is 22.7. The van der Waals surface area contributed by atoms with Crippen LogP contribution in [0.15, 0.2) is 24.3 Å². The fourth-order valence-electron chi connectivity index (χ4n) is 3.35. The van der Waals surface area contributed by atoms with Crippen LogP contribution < -0.4 is 4.72 Å². The number of nitrogens with zero attached hydrogens (tertiary/aromatic N) is 2. The lowest BCUT2D eigenvalue weighted by Crippen LogP contribution is -2.43. The minimum Gasteiger partial charge on any atom is -0.338 e. The van der Waals surface area contributed by atoms with Gasteiger partial charge in [-0.15, -0.1) is 11.3 Å². The molecule has 6 nitrogen and oxygen atoms in total. The van der Waals surface area contributed by atoms with E-state index in [-0.39, 0.29) is 18.4 Å².